The normalized spacial score (nSPS) is 12.2. The molecule has 0 bridgehead atoms. The third-order valence-electron chi connectivity index (χ3n) is 3.77. The summed E-state index contributed by atoms with van der Waals surface area (Å²) in [4.78, 5) is 16.3. The highest BCUT2D eigenvalue weighted by Gasteiger charge is 2.17. The SMILES string of the molecule is O=C(C[C@@H](c1ccsc1)n1cccc1)NCCCn1ccnc1. The second kappa shape index (κ2) is 7.78. The molecular formula is C17H20N4OS. The van der Waals surface area contributed by atoms with Gasteiger partial charge in [0, 0.05) is 37.9 Å². The molecule has 6 heteroatoms. The maximum absolute atomic E-state index is 12.3. The van der Waals surface area contributed by atoms with E-state index in [2.05, 4.69) is 31.7 Å². The van der Waals surface area contributed by atoms with E-state index in [0.29, 0.717) is 13.0 Å². The number of nitrogens with zero attached hydrogens (tertiary/aromatic N) is 3. The summed E-state index contributed by atoms with van der Waals surface area (Å²) >= 11 is 1.66. The van der Waals surface area contributed by atoms with Crippen LogP contribution in [0.5, 0.6) is 0 Å². The van der Waals surface area contributed by atoms with Gasteiger partial charge in [0.25, 0.3) is 0 Å². The summed E-state index contributed by atoms with van der Waals surface area (Å²) in [6.07, 6.45) is 10.9. The Morgan fingerprint density at radius 1 is 1.30 bits per heavy atom. The fourth-order valence-electron chi connectivity index (χ4n) is 2.57. The third-order valence-corrected chi connectivity index (χ3v) is 4.47. The summed E-state index contributed by atoms with van der Waals surface area (Å²) in [5, 5.41) is 7.18. The van der Waals surface area contributed by atoms with Crippen molar-refractivity contribution >= 4 is 17.2 Å². The maximum atomic E-state index is 12.3. The van der Waals surface area contributed by atoms with Gasteiger partial charge in [0.1, 0.15) is 0 Å². The smallest absolute Gasteiger partial charge is 0.222 e. The van der Waals surface area contributed by atoms with E-state index in [-0.39, 0.29) is 11.9 Å². The number of hydrogen-bond acceptors (Lipinski definition) is 3. The molecule has 0 aliphatic carbocycles. The molecule has 3 aromatic heterocycles. The monoisotopic (exact) mass is 328 g/mol. The zero-order valence-electron chi connectivity index (χ0n) is 12.8. The molecule has 0 fully saturated rings. The number of aromatic nitrogens is 3. The predicted molar refractivity (Wildman–Crippen MR) is 91.4 cm³/mol. The first-order valence-corrected chi connectivity index (χ1v) is 8.64. The van der Waals surface area contributed by atoms with Gasteiger partial charge in [-0.05, 0) is 40.9 Å². The van der Waals surface area contributed by atoms with E-state index in [1.54, 1.807) is 23.9 Å². The van der Waals surface area contributed by atoms with Crippen LogP contribution in [-0.2, 0) is 11.3 Å². The van der Waals surface area contributed by atoms with Crippen LogP contribution >= 0.6 is 11.3 Å². The summed E-state index contributed by atoms with van der Waals surface area (Å²) < 4.78 is 4.10. The lowest BCUT2D eigenvalue weighted by Gasteiger charge is -2.18. The van der Waals surface area contributed by atoms with Crippen molar-refractivity contribution < 1.29 is 4.79 Å². The molecule has 0 aliphatic rings. The van der Waals surface area contributed by atoms with Crippen LogP contribution in [-0.4, -0.2) is 26.6 Å². The first kappa shape index (κ1) is 15.6. The topological polar surface area (TPSA) is 51.9 Å². The lowest BCUT2D eigenvalue weighted by Crippen LogP contribution is -2.28. The lowest BCUT2D eigenvalue weighted by molar-refractivity contribution is -0.121. The lowest BCUT2D eigenvalue weighted by atomic mass is 10.1. The number of carbonyl (C=O) groups excluding carboxylic acids is 1. The molecule has 1 atom stereocenters. The van der Waals surface area contributed by atoms with Crippen LogP contribution in [0.4, 0.5) is 0 Å². The number of carbonyl (C=O) groups is 1. The van der Waals surface area contributed by atoms with Gasteiger partial charge in [-0.25, -0.2) is 4.98 Å². The molecule has 3 rings (SSSR count). The number of rotatable bonds is 8. The molecule has 0 aromatic carbocycles. The van der Waals surface area contributed by atoms with Crippen molar-refractivity contribution in [3.05, 3.63) is 65.6 Å². The fraction of sp³-hybridized carbons (Fsp3) is 0.294. The Morgan fingerprint density at radius 2 is 2.17 bits per heavy atom. The molecule has 3 heterocycles. The van der Waals surface area contributed by atoms with Crippen molar-refractivity contribution in [3.63, 3.8) is 0 Å². The average Bonchev–Trinajstić information content (AvgIpc) is 3.33. The van der Waals surface area contributed by atoms with Crippen molar-refractivity contribution in [2.24, 2.45) is 0 Å². The number of hydrogen-bond donors (Lipinski definition) is 1. The van der Waals surface area contributed by atoms with Crippen LogP contribution in [0, 0.1) is 0 Å². The minimum atomic E-state index is 0.0601. The van der Waals surface area contributed by atoms with Crippen LogP contribution in [0.2, 0.25) is 0 Å². The minimum absolute atomic E-state index is 0.0601. The minimum Gasteiger partial charge on any atom is -0.356 e. The van der Waals surface area contributed by atoms with Gasteiger partial charge in [-0.15, -0.1) is 0 Å². The van der Waals surface area contributed by atoms with E-state index < -0.39 is 0 Å². The molecule has 0 saturated heterocycles. The molecular weight excluding hydrogens is 308 g/mol. The summed E-state index contributed by atoms with van der Waals surface area (Å²) in [6, 6.07) is 6.12. The van der Waals surface area contributed by atoms with E-state index in [1.165, 1.54) is 5.56 Å². The zero-order valence-corrected chi connectivity index (χ0v) is 13.7. The van der Waals surface area contributed by atoms with Gasteiger partial charge in [0.2, 0.25) is 5.91 Å². The molecule has 120 valence electrons. The van der Waals surface area contributed by atoms with Crippen molar-refractivity contribution in [1.82, 2.24) is 19.4 Å². The second-order valence-corrected chi connectivity index (χ2v) is 6.19. The Labute approximate surface area is 139 Å². The van der Waals surface area contributed by atoms with Crippen LogP contribution in [0.1, 0.15) is 24.4 Å². The van der Waals surface area contributed by atoms with Gasteiger partial charge in [0.15, 0.2) is 0 Å². The van der Waals surface area contributed by atoms with Crippen LogP contribution in [0.15, 0.2) is 60.1 Å². The number of imidazole rings is 1. The third kappa shape index (κ3) is 4.32. The molecule has 0 saturated carbocycles. The van der Waals surface area contributed by atoms with Gasteiger partial charge in [0.05, 0.1) is 18.8 Å². The molecule has 5 nitrogen and oxygen atoms in total. The van der Waals surface area contributed by atoms with E-state index >= 15 is 0 Å². The van der Waals surface area contributed by atoms with Crippen LogP contribution in [0.3, 0.4) is 0 Å². The molecule has 3 aromatic rings. The van der Waals surface area contributed by atoms with Crippen molar-refractivity contribution in [2.45, 2.75) is 25.4 Å². The first-order chi connectivity index (χ1) is 11.3. The van der Waals surface area contributed by atoms with Gasteiger partial charge in [-0.1, -0.05) is 0 Å². The Bertz CT molecular complexity index is 655. The largest absolute Gasteiger partial charge is 0.356 e. The zero-order chi connectivity index (χ0) is 15.9. The quantitative estimate of drug-likeness (QED) is 0.646. The summed E-state index contributed by atoms with van der Waals surface area (Å²) in [6.45, 7) is 1.55. The van der Waals surface area contributed by atoms with Crippen molar-refractivity contribution in [2.75, 3.05) is 6.54 Å². The first-order valence-electron chi connectivity index (χ1n) is 7.70. The Hall–Kier alpha value is -2.34. The fourth-order valence-corrected chi connectivity index (χ4v) is 3.28. The van der Waals surface area contributed by atoms with Crippen molar-refractivity contribution in [1.29, 1.82) is 0 Å². The Morgan fingerprint density at radius 3 is 2.87 bits per heavy atom. The Kier molecular flexibility index (Phi) is 5.26. The van der Waals surface area contributed by atoms with Gasteiger partial charge < -0.3 is 14.5 Å². The van der Waals surface area contributed by atoms with E-state index in [4.69, 9.17) is 0 Å². The van der Waals surface area contributed by atoms with E-state index in [0.717, 1.165) is 13.0 Å². The molecule has 1 amide bonds. The van der Waals surface area contributed by atoms with E-state index in [9.17, 15) is 4.79 Å². The average molecular weight is 328 g/mol. The van der Waals surface area contributed by atoms with Gasteiger partial charge in [-0.3, -0.25) is 4.79 Å². The summed E-state index contributed by atoms with van der Waals surface area (Å²) in [5.74, 6) is 0.0838. The molecule has 0 unspecified atom stereocenters. The summed E-state index contributed by atoms with van der Waals surface area (Å²) in [7, 11) is 0. The molecule has 0 spiro atoms. The highest BCUT2D eigenvalue weighted by molar-refractivity contribution is 7.07. The molecule has 1 N–H and O–H groups in total. The van der Waals surface area contributed by atoms with Crippen molar-refractivity contribution in [3.8, 4) is 0 Å². The number of nitrogens with one attached hydrogen (secondary N) is 1. The standard InChI is InChI=1S/C17H20N4OS/c22-17(19-5-3-7-20-10-6-18-14-20)12-16(15-4-11-23-13-15)21-8-1-2-9-21/h1-2,4,6,8-11,13-14,16H,3,5,7,12H2,(H,19,22)/t16-/m0/s1. The highest BCUT2D eigenvalue weighted by atomic mass is 32.1. The number of amides is 1. The molecule has 0 aliphatic heterocycles. The van der Waals surface area contributed by atoms with Gasteiger partial charge >= 0.3 is 0 Å². The predicted octanol–water partition coefficient (Wildman–Crippen LogP) is 2.93. The second-order valence-electron chi connectivity index (χ2n) is 5.41. The highest BCUT2D eigenvalue weighted by Crippen LogP contribution is 2.24. The van der Waals surface area contributed by atoms with Gasteiger partial charge in [-0.2, -0.15) is 11.3 Å². The molecule has 23 heavy (non-hydrogen) atoms. The number of aryl methyl sites for hydroxylation is 1. The Balaban J connectivity index is 1.50. The maximum Gasteiger partial charge on any atom is 0.222 e. The molecule has 0 radical (unpaired) electrons. The van der Waals surface area contributed by atoms with E-state index in [1.807, 2.05) is 35.3 Å². The van der Waals surface area contributed by atoms with Crippen LogP contribution < -0.4 is 5.32 Å². The summed E-state index contributed by atoms with van der Waals surface area (Å²) in [5.41, 5.74) is 1.18. The number of thiophene rings is 1. The van der Waals surface area contributed by atoms with Crippen LogP contribution in [0.25, 0.3) is 0 Å².